The van der Waals surface area contributed by atoms with Crippen LogP contribution in [0, 0.1) is 0 Å². The molecule has 2 nitrogen and oxygen atoms in total. The maximum absolute atomic E-state index is 12.0. The zero-order valence-corrected chi connectivity index (χ0v) is 12.4. The lowest BCUT2D eigenvalue weighted by Gasteiger charge is -2.09. The first-order chi connectivity index (χ1) is 9.56. The van der Waals surface area contributed by atoms with Crippen LogP contribution in [0.5, 0.6) is 5.75 Å². The Morgan fingerprint density at radius 3 is 2.60 bits per heavy atom. The second-order valence-corrected chi connectivity index (χ2v) is 5.39. The van der Waals surface area contributed by atoms with Crippen molar-refractivity contribution in [3.63, 3.8) is 0 Å². The number of hydrogen-bond acceptors (Lipinski definition) is 2. The number of rotatable bonds is 5. The van der Waals surface area contributed by atoms with Crippen molar-refractivity contribution in [1.82, 2.24) is 0 Å². The van der Waals surface area contributed by atoms with Crippen LogP contribution in [0.4, 0.5) is 0 Å². The topological polar surface area (TPSA) is 26.3 Å². The summed E-state index contributed by atoms with van der Waals surface area (Å²) in [4.78, 5) is 12.0. The third-order valence-electron chi connectivity index (χ3n) is 3.04. The Bertz CT molecular complexity index is 605. The summed E-state index contributed by atoms with van der Waals surface area (Å²) in [5, 5.41) is 0.553. The number of carbonyl (C=O) groups excluding carboxylic acids is 1. The molecule has 0 aliphatic rings. The predicted molar refractivity (Wildman–Crippen MR) is 81.8 cm³/mol. The van der Waals surface area contributed by atoms with Gasteiger partial charge in [0.05, 0.1) is 0 Å². The first-order valence-corrected chi connectivity index (χ1v) is 6.95. The van der Waals surface area contributed by atoms with E-state index in [1.165, 1.54) is 5.56 Å². The van der Waals surface area contributed by atoms with Gasteiger partial charge in [0.15, 0.2) is 12.4 Å². The number of Topliss-reactive ketones (excluding diaryl/α,β-unsaturated/α-hetero) is 1. The molecule has 0 radical (unpaired) electrons. The van der Waals surface area contributed by atoms with E-state index in [0.717, 1.165) is 0 Å². The van der Waals surface area contributed by atoms with E-state index >= 15 is 0 Å². The van der Waals surface area contributed by atoms with Crippen LogP contribution in [0.15, 0.2) is 48.5 Å². The lowest BCUT2D eigenvalue weighted by molar-refractivity contribution is 0.0921. The normalized spacial score (nSPS) is 10.6. The highest BCUT2D eigenvalue weighted by Gasteiger charge is 2.08. The molecule has 104 valence electrons. The SMILES string of the molecule is CC(C)c1cccc(OCC(=O)c2cccc(Cl)c2)c1. The molecule has 0 amide bonds. The summed E-state index contributed by atoms with van der Waals surface area (Å²) in [6.45, 7) is 4.26. The molecular formula is C17H17ClO2. The van der Waals surface area contributed by atoms with Crippen LogP contribution in [-0.2, 0) is 0 Å². The van der Waals surface area contributed by atoms with Gasteiger partial charge in [0, 0.05) is 10.6 Å². The van der Waals surface area contributed by atoms with Gasteiger partial charge in [-0.1, -0.05) is 49.7 Å². The minimum atomic E-state index is -0.0811. The molecule has 2 rings (SSSR count). The van der Waals surface area contributed by atoms with E-state index in [9.17, 15) is 4.79 Å². The van der Waals surface area contributed by atoms with Crippen molar-refractivity contribution in [3.8, 4) is 5.75 Å². The fourth-order valence-corrected chi connectivity index (χ4v) is 2.05. The highest BCUT2D eigenvalue weighted by molar-refractivity contribution is 6.31. The van der Waals surface area contributed by atoms with Gasteiger partial charge in [-0.15, -0.1) is 0 Å². The highest BCUT2D eigenvalue weighted by atomic mass is 35.5. The molecule has 0 unspecified atom stereocenters. The van der Waals surface area contributed by atoms with Gasteiger partial charge in [0.1, 0.15) is 5.75 Å². The molecule has 0 heterocycles. The van der Waals surface area contributed by atoms with E-state index in [4.69, 9.17) is 16.3 Å². The molecule has 2 aromatic carbocycles. The van der Waals surface area contributed by atoms with E-state index in [0.29, 0.717) is 22.3 Å². The zero-order valence-electron chi connectivity index (χ0n) is 11.6. The molecule has 0 N–H and O–H groups in total. The Kier molecular flexibility index (Phi) is 4.80. The molecule has 0 spiro atoms. The number of benzene rings is 2. The Balaban J connectivity index is 2.02. The molecule has 0 aliphatic heterocycles. The molecular weight excluding hydrogens is 272 g/mol. The van der Waals surface area contributed by atoms with Crippen molar-refractivity contribution in [2.45, 2.75) is 19.8 Å². The second-order valence-electron chi connectivity index (χ2n) is 4.95. The van der Waals surface area contributed by atoms with Gasteiger partial charge in [-0.05, 0) is 35.7 Å². The summed E-state index contributed by atoms with van der Waals surface area (Å²) in [6.07, 6.45) is 0. The van der Waals surface area contributed by atoms with Crippen LogP contribution >= 0.6 is 11.6 Å². The maximum atomic E-state index is 12.0. The first-order valence-electron chi connectivity index (χ1n) is 6.58. The minimum absolute atomic E-state index is 0.0158. The number of halogens is 1. The lowest BCUT2D eigenvalue weighted by atomic mass is 10.0. The van der Waals surface area contributed by atoms with Gasteiger partial charge < -0.3 is 4.74 Å². The number of ketones is 1. The van der Waals surface area contributed by atoms with Gasteiger partial charge >= 0.3 is 0 Å². The Morgan fingerprint density at radius 1 is 1.15 bits per heavy atom. The standard InChI is InChI=1S/C17H17ClO2/c1-12(2)13-5-4-8-16(10-13)20-11-17(19)14-6-3-7-15(18)9-14/h3-10,12H,11H2,1-2H3. The summed E-state index contributed by atoms with van der Waals surface area (Å²) in [5.74, 6) is 1.07. The van der Waals surface area contributed by atoms with Crippen LogP contribution in [0.2, 0.25) is 5.02 Å². The molecule has 0 saturated carbocycles. The number of hydrogen-bond donors (Lipinski definition) is 0. The Labute approximate surface area is 124 Å². The van der Waals surface area contributed by atoms with Crippen LogP contribution in [-0.4, -0.2) is 12.4 Å². The third kappa shape index (κ3) is 3.84. The molecule has 0 aromatic heterocycles. The van der Waals surface area contributed by atoms with Crippen LogP contribution in [0.3, 0.4) is 0 Å². The molecule has 0 aliphatic carbocycles. The van der Waals surface area contributed by atoms with Crippen LogP contribution < -0.4 is 4.74 Å². The van der Waals surface area contributed by atoms with Gasteiger partial charge in [0.2, 0.25) is 0 Å². The van der Waals surface area contributed by atoms with Crippen molar-refractivity contribution < 1.29 is 9.53 Å². The van der Waals surface area contributed by atoms with Crippen molar-refractivity contribution in [3.05, 3.63) is 64.7 Å². The summed E-state index contributed by atoms with van der Waals surface area (Å²) in [7, 11) is 0. The summed E-state index contributed by atoms with van der Waals surface area (Å²) in [5.41, 5.74) is 1.76. The summed E-state index contributed by atoms with van der Waals surface area (Å²) < 4.78 is 5.56. The van der Waals surface area contributed by atoms with Gasteiger partial charge in [-0.2, -0.15) is 0 Å². The van der Waals surface area contributed by atoms with Crippen molar-refractivity contribution >= 4 is 17.4 Å². The monoisotopic (exact) mass is 288 g/mol. The van der Waals surface area contributed by atoms with Gasteiger partial charge in [0.25, 0.3) is 0 Å². The number of carbonyl (C=O) groups is 1. The highest BCUT2D eigenvalue weighted by Crippen LogP contribution is 2.20. The van der Waals surface area contributed by atoms with Crippen molar-refractivity contribution in [2.75, 3.05) is 6.61 Å². The third-order valence-corrected chi connectivity index (χ3v) is 3.28. The molecule has 20 heavy (non-hydrogen) atoms. The van der Waals surface area contributed by atoms with E-state index in [2.05, 4.69) is 19.9 Å². The molecule has 0 bridgehead atoms. The largest absolute Gasteiger partial charge is 0.485 e. The van der Waals surface area contributed by atoms with Crippen molar-refractivity contribution in [2.24, 2.45) is 0 Å². The predicted octanol–water partition coefficient (Wildman–Crippen LogP) is 4.73. The van der Waals surface area contributed by atoms with Crippen molar-refractivity contribution in [1.29, 1.82) is 0 Å². The average Bonchev–Trinajstić information content (AvgIpc) is 2.45. The lowest BCUT2D eigenvalue weighted by Crippen LogP contribution is -2.11. The first kappa shape index (κ1) is 14.6. The van der Waals surface area contributed by atoms with Gasteiger partial charge in [-0.3, -0.25) is 4.79 Å². The Hall–Kier alpha value is -1.80. The van der Waals surface area contributed by atoms with E-state index in [-0.39, 0.29) is 12.4 Å². The van der Waals surface area contributed by atoms with E-state index in [1.807, 2.05) is 18.2 Å². The fourth-order valence-electron chi connectivity index (χ4n) is 1.86. The molecule has 0 fully saturated rings. The summed E-state index contributed by atoms with van der Waals surface area (Å²) >= 11 is 5.87. The fraction of sp³-hybridized carbons (Fsp3) is 0.235. The summed E-state index contributed by atoms with van der Waals surface area (Å²) in [6, 6.07) is 14.7. The smallest absolute Gasteiger partial charge is 0.200 e. The van der Waals surface area contributed by atoms with E-state index in [1.54, 1.807) is 24.3 Å². The molecule has 3 heteroatoms. The average molecular weight is 289 g/mol. The van der Waals surface area contributed by atoms with Gasteiger partial charge in [-0.25, -0.2) is 0 Å². The van der Waals surface area contributed by atoms with Crippen LogP contribution in [0.1, 0.15) is 35.7 Å². The quantitative estimate of drug-likeness (QED) is 0.744. The molecule has 2 aromatic rings. The maximum Gasteiger partial charge on any atom is 0.200 e. The van der Waals surface area contributed by atoms with E-state index < -0.39 is 0 Å². The molecule has 0 saturated heterocycles. The van der Waals surface area contributed by atoms with Crippen LogP contribution in [0.25, 0.3) is 0 Å². The number of ether oxygens (including phenoxy) is 1. The molecule has 0 atom stereocenters. The zero-order chi connectivity index (χ0) is 14.5. The minimum Gasteiger partial charge on any atom is -0.485 e. The second kappa shape index (κ2) is 6.58. The Morgan fingerprint density at radius 2 is 1.90 bits per heavy atom.